The lowest BCUT2D eigenvalue weighted by atomic mass is 9.89. The molecule has 4 aromatic rings. The molecular weight excluding hydrogens is 372 g/mol. The molecular formula is C25H22N4O. The highest BCUT2D eigenvalue weighted by Crippen LogP contribution is 2.39. The number of carbonyl (C=O) groups excluding carboxylic acids is 1. The van der Waals surface area contributed by atoms with Crippen molar-refractivity contribution in [1.29, 1.82) is 0 Å². The maximum atomic E-state index is 12.4. The van der Waals surface area contributed by atoms with E-state index >= 15 is 0 Å². The zero-order chi connectivity index (χ0) is 20.9. The third kappa shape index (κ3) is 3.78. The van der Waals surface area contributed by atoms with E-state index in [4.69, 9.17) is 5.73 Å². The van der Waals surface area contributed by atoms with Crippen LogP contribution >= 0.6 is 0 Å². The van der Waals surface area contributed by atoms with Crippen LogP contribution in [0.25, 0.3) is 11.1 Å². The van der Waals surface area contributed by atoms with Crippen LogP contribution in [0.15, 0.2) is 97.6 Å². The molecule has 1 unspecified atom stereocenters. The smallest absolute Gasteiger partial charge is 0.249 e. The summed E-state index contributed by atoms with van der Waals surface area (Å²) in [7, 11) is 0. The van der Waals surface area contributed by atoms with Gasteiger partial charge in [0.1, 0.15) is 0 Å². The lowest BCUT2D eigenvalue weighted by Gasteiger charge is -2.33. The zero-order valence-electron chi connectivity index (χ0n) is 16.6. The third-order valence-electron chi connectivity index (χ3n) is 5.11. The van der Waals surface area contributed by atoms with E-state index in [9.17, 15) is 4.79 Å². The van der Waals surface area contributed by atoms with Gasteiger partial charge in [0.05, 0.1) is 29.8 Å². The Morgan fingerprint density at radius 2 is 1.47 bits per heavy atom. The van der Waals surface area contributed by atoms with Gasteiger partial charge in [-0.15, -0.1) is 0 Å². The number of carbonyl (C=O) groups is 1. The molecule has 148 valence electrons. The minimum Gasteiger partial charge on any atom is -0.366 e. The Kier molecular flexibility index (Phi) is 5.52. The first-order chi connectivity index (χ1) is 14.7. The summed E-state index contributed by atoms with van der Waals surface area (Å²) in [5.41, 5.74) is 11.0. The highest BCUT2D eigenvalue weighted by Gasteiger charge is 2.26. The molecule has 0 aliphatic heterocycles. The Morgan fingerprint density at radius 3 is 2.00 bits per heavy atom. The normalized spacial score (nSPS) is 11.6. The second-order valence-electron chi connectivity index (χ2n) is 6.97. The summed E-state index contributed by atoms with van der Waals surface area (Å²) in [5, 5.41) is 0. The van der Waals surface area contributed by atoms with E-state index in [1.807, 2.05) is 66.7 Å². The van der Waals surface area contributed by atoms with Crippen LogP contribution in [0.3, 0.4) is 0 Å². The molecule has 0 bridgehead atoms. The van der Waals surface area contributed by atoms with Gasteiger partial charge in [0.25, 0.3) is 0 Å². The van der Waals surface area contributed by atoms with Crippen molar-refractivity contribution in [3.63, 3.8) is 0 Å². The van der Waals surface area contributed by atoms with Crippen LogP contribution in [0.1, 0.15) is 28.9 Å². The molecule has 2 heterocycles. The molecule has 30 heavy (non-hydrogen) atoms. The molecule has 2 aromatic heterocycles. The van der Waals surface area contributed by atoms with Crippen molar-refractivity contribution in [2.75, 3.05) is 4.90 Å². The van der Waals surface area contributed by atoms with E-state index in [0.29, 0.717) is 5.56 Å². The topological polar surface area (TPSA) is 72.1 Å². The monoisotopic (exact) mass is 394 g/mol. The Balaban J connectivity index is 1.94. The molecule has 0 fully saturated rings. The first-order valence-corrected chi connectivity index (χ1v) is 9.74. The van der Waals surface area contributed by atoms with Crippen LogP contribution in [-0.2, 0) is 0 Å². The molecule has 1 amide bonds. The number of primary amides is 1. The predicted octanol–water partition coefficient (Wildman–Crippen LogP) is 5.14. The van der Waals surface area contributed by atoms with E-state index in [2.05, 4.69) is 21.8 Å². The van der Waals surface area contributed by atoms with E-state index in [0.717, 1.165) is 28.1 Å². The maximum absolute atomic E-state index is 12.4. The van der Waals surface area contributed by atoms with Crippen LogP contribution in [-0.4, -0.2) is 15.9 Å². The summed E-state index contributed by atoms with van der Waals surface area (Å²) in [6.07, 6.45) is 7.09. The Bertz CT molecular complexity index is 1090. The molecule has 2 aromatic carbocycles. The van der Waals surface area contributed by atoms with Crippen molar-refractivity contribution in [2.24, 2.45) is 5.73 Å². The minimum absolute atomic E-state index is 0.211. The van der Waals surface area contributed by atoms with Gasteiger partial charge in [-0.25, -0.2) is 0 Å². The second-order valence-corrected chi connectivity index (χ2v) is 6.97. The third-order valence-corrected chi connectivity index (χ3v) is 5.11. The van der Waals surface area contributed by atoms with Crippen molar-refractivity contribution in [1.82, 2.24) is 9.97 Å². The number of benzene rings is 2. The summed E-state index contributed by atoms with van der Waals surface area (Å²) in [4.78, 5) is 23.1. The molecule has 0 radical (unpaired) electrons. The lowest BCUT2D eigenvalue weighted by Crippen LogP contribution is -2.25. The Hall–Kier alpha value is -3.99. The van der Waals surface area contributed by atoms with Crippen molar-refractivity contribution in [3.8, 4) is 11.1 Å². The first-order valence-electron chi connectivity index (χ1n) is 9.74. The van der Waals surface area contributed by atoms with Gasteiger partial charge in [0.2, 0.25) is 5.91 Å². The van der Waals surface area contributed by atoms with Crippen LogP contribution < -0.4 is 10.6 Å². The Labute approximate surface area is 175 Å². The largest absolute Gasteiger partial charge is 0.366 e. The van der Waals surface area contributed by atoms with E-state index in [1.54, 1.807) is 30.9 Å². The van der Waals surface area contributed by atoms with Gasteiger partial charge in [-0.3, -0.25) is 14.8 Å². The molecule has 5 nitrogen and oxygen atoms in total. The molecule has 0 saturated carbocycles. The van der Waals surface area contributed by atoms with Gasteiger partial charge in [-0.1, -0.05) is 42.5 Å². The number of aromatic nitrogens is 2. The summed E-state index contributed by atoms with van der Waals surface area (Å²) in [6.45, 7) is 2.06. The van der Waals surface area contributed by atoms with Crippen molar-refractivity contribution >= 4 is 17.3 Å². The highest BCUT2D eigenvalue weighted by atomic mass is 16.1. The molecule has 0 spiro atoms. The van der Waals surface area contributed by atoms with Crippen molar-refractivity contribution in [2.45, 2.75) is 13.0 Å². The SMILES string of the molecule is CC(c1c(C(N)=O)cccc1-c1ccccc1)N(c1cccnc1)c1cccnc1. The number of hydrogen-bond acceptors (Lipinski definition) is 4. The Morgan fingerprint density at radius 1 is 0.833 bits per heavy atom. The van der Waals surface area contributed by atoms with Crippen LogP contribution in [0.2, 0.25) is 0 Å². The van der Waals surface area contributed by atoms with Crippen molar-refractivity contribution < 1.29 is 4.79 Å². The standard InChI is InChI=1S/C25H22N4O/c1-18(29(20-10-6-14-27-16-20)21-11-7-15-28-17-21)24-22(19-8-3-2-4-9-19)12-5-13-23(24)25(26)30/h2-18H,1H3,(H2,26,30). The van der Waals surface area contributed by atoms with Gasteiger partial charge in [0, 0.05) is 18.0 Å². The summed E-state index contributed by atoms with van der Waals surface area (Å²) in [5.74, 6) is -0.452. The second kappa shape index (κ2) is 8.57. The first kappa shape index (κ1) is 19.3. The average Bonchev–Trinajstić information content (AvgIpc) is 2.80. The van der Waals surface area contributed by atoms with Gasteiger partial charge >= 0.3 is 0 Å². The average molecular weight is 394 g/mol. The molecule has 5 heteroatoms. The summed E-state index contributed by atoms with van der Waals surface area (Å²) >= 11 is 0. The van der Waals surface area contributed by atoms with Crippen LogP contribution in [0.5, 0.6) is 0 Å². The summed E-state index contributed by atoms with van der Waals surface area (Å²) < 4.78 is 0. The number of nitrogens with two attached hydrogens (primary N) is 1. The molecule has 2 N–H and O–H groups in total. The molecule has 0 aliphatic rings. The van der Waals surface area contributed by atoms with E-state index in [1.165, 1.54) is 0 Å². The zero-order valence-corrected chi connectivity index (χ0v) is 16.6. The van der Waals surface area contributed by atoms with Gasteiger partial charge in [-0.05, 0) is 53.9 Å². The molecule has 4 rings (SSSR count). The van der Waals surface area contributed by atoms with E-state index < -0.39 is 5.91 Å². The van der Waals surface area contributed by atoms with Gasteiger partial charge in [-0.2, -0.15) is 0 Å². The number of anilines is 2. The highest BCUT2D eigenvalue weighted by molar-refractivity contribution is 5.97. The fourth-order valence-corrected chi connectivity index (χ4v) is 3.82. The minimum atomic E-state index is -0.452. The number of nitrogens with zero attached hydrogens (tertiary/aromatic N) is 3. The molecule has 1 atom stereocenters. The fraction of sp³-hybridized carbons (Fsp3) is 0.0800. The predicted molar refractivity (Wildman–Crippen MR) is 119 cm³/mol. The van der Waals surface area contributed by atoms with Crippen LogP contribution in [0.4, 0.5) is 11.4 Å². The number of rotatable bonds is 6. The maximum Gasteiger partial charge on any atom is 0.249 e. The van der Waals surface area contributed by atoms with Gasteiger partial charge < -0.3 is 10.6 Å². The van der Waals surface area contributed by atoms with Crippen LogP contribution in [0, 0.1) is 0 Å². The van der Waals surface area contributed by atoms with Crippen molar-refractivity contribution in [3.05, 3.63) is 109 Å². The number of amides is 1. The quantitative estimate of drug-likeness (QED) is 0.491. The summed E-state index contributed by atoms with van der Waals surface area (Å²) in [6, 6.07) is 23.3. The molecule has 0 aliphatic carbocycles. The fourth-order valence-electron chi connectivity index (χ4n) is 3.82. The number of pyridine rings is 2. The number of hydrogen-bond donors (Lipinski definition) is 1. The van der Waals surface area contributed by atoms with E-state index in [-0.39, 0.29) is 6.04 Å². The lowest BCUT2D eigenvalue weighted by molar-refractivity contribution is 0.0999. The molecule has 0 saturated heterocycles. The van der Waals surface area contributed by atoms with Gasteiger partial charge in [0.15, 0.2) is 0 Å².